The van der Waals surface area contributed by atoms with Gasteiger partial charge in [0.1, 0.15) is 11.5 Å². The Hall–Kier alpha value is -1.70. The highest BCUT2D eigenvalue weighted by Crippen LogP contribution is 2.43. The number of phenols is 2. The first-order chi connectivity index (χ1) is 8.77. The molecule has 0 bridgehead atoms. The van der Waals surface area contributed by atoms with Gasteiger partial charge in [0.05, 0.1) is 0 Å². The Kier molecular flexibility index (Phi) is 2.86. The standard InChI is InChI=1S/C16H18O2/c17-15-10-14(11-6-2-1-3-7-11)16(18)13-9-5-4-8-12(13)15/h4-5,8-11,17-18H,1-3,6-7H2. The van der Waals surface area contributed by atoms with Crippen LogP contribution in [0.4, 0.5) is 0 Å². The van der Waals surface area contributed by atoms with E-state index in [-0.39, 0.29) is 5.75 Å². The van der Waals surface area contributed by atoms with E-state index in [0.29, 0.717) is 11.7 Å². The summed E-state index contributed by atoms with van der Waals surface area (Å²) in [5.74, 6) is 1.04. The Morgan fingerprint density at radius 1 is 0.889 bits per heavy atom. The third kappa shape index (κ3) is 1.82. The molecule has 0 unspecified atom stereocenters. The Balaban J connectivity index is 2.15. The van der Waals surface area contributed by atoms with Gasteiger partial charge in [-0.05, 0) is 24.8 Å². The van der Waals surface area contributed by atoms with E-state index in [1.807, 2.05) is 24.3 Å². The minimum atomic E-state index is 0.281. The second kappa shape index (κ2) is 4.52. The Morgan fingerprint density at radius 2 is 1.56 bits per heavy atom. The molecule has 1 aliphatic carbocycles. The van der Waals surface area contributed by atoms with E-state index in [4.69, 9.17) is 0 Å². The van der Waals surface area contributed by atoms with Gasteiger partial charge in [0.2, 0.25) is 0 Å². The normalized spacial score (nSPS) is 17.1. The molecule has 2 aromatic rings. The van der Waals surface area contributed by atoms with Crippen molar-refractivity contribution < 1.29 is 10.2 Å². The summed E-state index contributed by atoms with van der Waals surface area (Å²) < 4.78 is 0. The molecule has 0 aromatic heterocycles. The van der Waals surface area contributed by atoms with Crippen LogP contribution in [-0.2, 0) is 0 Å². The van der Waals surface area contributed by atoms with Crippen molar-refractivity contribution in [3.63, 3.8) is 0 Å². The van der Waals surface area contributed by atoms with Crippen molar-refractivity contribution in [2.75, 3.05) is 0 Å². The lowest BCUT2D eigenvalue weighted by atomic mass is 9.82. The SMILES string of the molecule is Oc1cc(C2CCCCC2)c(O)c2ccccc12. The predicted octanol–water partition coefficient (Wildman–Crippen LogP) is 4.30. The molecule has 1 fully saturated rings. The maximum atomic E-state index is 10.4. The van der Waals surface area contributed by atoms with Crippen LogP contribution in [0.3, 0.4) is 0 Å². The summed E-state index contributed by atoms with van der Waals surface area (Å²) in [5, 5.41) is 22.0. The zero-order valence-corrected chi connectivity index (χ0v) is 10.4. The number of hydrogen-bond acceptors (Lipinski definition) is 2. The molecule has 0 saturated heterocycles. The fourth-order valence-corrected chi connectivity index (χ4v) is 3.09. The highest BCUT2D eigenvalue weighted by Gasteiger charge is 2.21. The van der Waals surface area contributed by atoms with Crippen LogP contribution < -0.4 is 0 Å². The number of fused-ring (bicyclic) bond motifs is 1. The summed E-state index contributed by atoms with van der Waals surface area (Å²) in [5.41, 5.74) is 0.922. The zero-order chi connectivity index (χ0) is 12.5. The van der Waals surface area contributed by atoms with Gasteiger partial charge in [-0.3, -0.25) is 0 Å². The van der Waals surface area contributed by atoms with Gasteiger partial charge in [0.15, 0.2) is 0 Å². The van der Waals surface area contributed by atoms with Crippen molar-refractivity contribution in [2.45, 2.75) is 38.0 Å². The fourth-order valence-electron chi connectivity index (χ4n) is 3.09. The Bertz CT molecular complexity index is 569. The molecular formula is C16H18O2. The van der Waals surface area contributed by atoms with Gasteiger partial charge in [-0.15, -0.1) is 0 Å². The Morgan fingerprint density at radius 3 is 2.28 bits per heavy atom. The predicted molar refractivity (Wildman–Crippen MR) is 73.1 cm³/mol. The van der Waals surface area contributed by atoms with Crippen LogP contribution in [0, 0.1) is 0 Å². The largest absolute Gasteiger partial charge is 0.507 e. The van der Waals surface area contributed by atoms with Crippen LogP contribution in [0.15, 0.2) is 30.3 Å². The molecule has 0 heterocycles. The molecule has 3 rings (SSSR count). The van der Waals surface area contributed by atoms with E-state index in [9.17, 15) is 10.2 Å². The number of benzene rings is 2. The van der Waals surface area contributed by atoms with E-state index in [1.165, 1.54) is 19.3 Å². The van der Waals surface area contributed by atoms with Crippen LogP contribution in [-0.4, -0.2) is 10.2 Å². The molecule has 2 heteroatoms. The first-order valence-electron chi connectivity index (χ1n) is 6.71. The molecule has 0 aliphatic heterocycles. The van der Waals surface area contributed by atoms with Gasteiger partial charge in [-0.25, -0.2) is 0 Å². The molecule has 2 aromatic carbocycles. The zero-order valence-electron chi connectivity index (χ0n) is 10.4. The molecule has 0 radical (unpaired) electrons. The van der Waals surface area contributed by atoms with Gasteiger partial charge in [0.25, 0.3) is 0 Å². The molecule has 1 aliphatic rings. The third-order valence-electron chi connectivity index (χ3n) is 4.07. The van der Waals surface area contributed by atoms with Gasteiger partial charge in [-0.1, -0.05) is 43.5 Å². The van der Waals surface area contributed by atoms with Crippen molar-refractivity contribution >= 4 is 10.8 Å². The molecule has 0 spiro atoms. The Labute approximate surface area is 107 Å². The first-order valence-corrected chi connectivity index (χ1v) is 6.71. The molecular weight excluding hydrogens is 224 g/mol. The van der Waals surface area contributed by atoms with E-state index < -0.39 is 0 Å². The molecule has 0 amide bonds. The van der Waals surface area contributed by atoms with Crippen molar-refractivity contribution in [3.8, 4) is 11.5 Å². The van der Waals surface area contributed by atoms with Crippen molar-refractivity contribution in [2.24, 2.45) is 0 Å². The van der Waals surface area contributed by atoms with Crippen molar-refractivity contribution in [3.05, 3.63) is 35.9 Å². The lowest BCUT2D eigenvalue weighted by Gasteiger charge is -2.23. The van der Waals surface area contributed by atoms with Gasteiger partial charge in [-0.2, -0.15) is 0 Å². The average Bonchev–Trinajstić information content (AvgIpc) is 2.44. The summed E-state index contributed by atoms with van der Waals surface area (Å²) in [7, 11) is 0. The highest BCUT2D eigenvalue weighted by molar-refractivity contribution is 5.94. The van der Waals surface area contributed by atoms with Crippen LogP contribution in [0.5, 0.6) is 11.5 Å². The van der Waals surface area contributed by atoms with E-state index in [0.717, 1.165) is 29.2 Å². The van der Waals surface area contributed by atoms with Gasteiger partial charge >= 0.3 is 0 Å². The topological polar surface area (TPSA) is 40.5 Å². The molecule has 94 valence electrons. The van der Waals surface area contributed by atoms with Crippen LogP contribution >= 0.6 is 0 Å². The quantitative estimate of drug-likeness (QED) is 0.732. The second-order valence-electron chi connectivity index (χ2n) is 5.21. The summed E-state index contributed by atoms with van der Waals surface area (Å²) in [6.07, 6.45) is 5.96. The number of phenolic OH excluding ortho intramolecular Hbond substituents is 2. The third-order valence-corrected chi connectivity index (χ3v) is 4.07. The van der Waals surface area contributed by atoms with E-state index in [2.05, 4.69) is 0 Å². The van der Waals surface area contributed by atoms with Crippen molar-refractivity contribution in [1.82, 2.24) is 0 Å². The average molecular weight is 242 g/mol. The van der Waals surface area contributed by atoms with Crippen LogP contribution in [0.1, 0.15) is 43.6 Å². The first kappa shape index (κ1) is 11.4. The smallest absolute Gasteiger partial charge is 0.127 e. The minimum absolute atomic E-state index is 0.281. The summed E-state index contributed by atoms with van der Waals surface area (Å²) in [6.45, 7) is 0. The molecule has 2 N–H and O–H groups in total. The van der Waals surface area contributed by atoms with Crippen LogP contribution in [0.2, 0.25) is 0 Å². The molecule has 1 saturated carbocycles. The molecule has 0 atom stereocenters. The lowest BCUT2D eigenvalue weighted by Crippen LogP contribution is -2.04. The highest BCUT2D eigenvalue weighted by atomic mass is 16.3. The number of rotatable bonds is 1. The van der Waals surface area contributed by atoms with Crippen molar-refractivity contribution in [1.29, 1.82) is 0 Å². The van der Waals surface area contributed by atoms with E-state index in [1.54, 1.807) is 6.07 Å². The van der Waals surface area contributed by atoms with Gasteiger partial charge < -0.3 is 10.2 Å². The minimum Gasteiger partial charge on any atom is -0.507 e. The molecule has 2 nitrogen and oxygen atoms in total. The maximum absolute atomic E-state index is 10.4. The summed E-state index contributed by atoms with van der Waals surface area (Å²) >= 11 is 0. The van der Waals surface area contributed by atoms with Crippen LogP contribution in [0.25, 0.3) is 10.8 Å². The number of hydrogen-bond donors (Lipinski definition) is 2. The van der Waals surface area contributed by atoms with Gasteiger partial charge in [0, 0.05) is 16.3 Å². The summed E-state index contributed by atoms with van der Waals surface area (Å²) in [4.78, 5) is 0. The second-order valence-corrected chi connectivity index (χ2v) is 5.21. The lowest BCUT2D eigenvalue weighted by molar-refractivity contribution is 0.413. The van der Waals surface area contributed by atoms with E-state index >= 15 is 0 Å². The monoisotopic (exact) mass is 242 g/mol. The summed E-state index contributed by atoms with van der Waals surface area (Å²) in [6, 6.07) is 9.24. The maximum Gasteiger partial charge on any atom is 0.127 e. The number of aromatic hydroxyl groups is 2. The fraction of sp³-hybridized carbons (Fsp3) is 0.375. The molecule has 18 heavy (non-hydrogen) atoms.